The van der Waals surface area contributed by atoms with E-state index in [0.717, 1.165) is 22.3 Å². The third kappa shape index (κ3) is 5.86. The first-order valence-electron chi connectivity index (χ1n) is 10.5. The summed E-state index contributed by atoms with van der Waals surface area (Å²) in [6.07, 6.45) is 0. The van der Waals surface area contributed by atoms with Crippen LogP contribution in [-0.4, -0.2) is 6.03 Å². The minimum Gasteiger partial charge on any atom is -0.327 e. The average Bonchev–Trinajstić information content (AvgIpc) is 2.83. The molecule has 4 rings (SSSR count). The molecule has 2 amide bonds. The van der Waals surface area contributed by atoms with Gasteiger partial charge in [0, 0.05) is 20.1 Å². The largest absolute Gasteiger partial charge is 0.327 e. The number of amides is 2. The Morgan fingerprint density at radius 3 is 1.24 bits per heavy atom. The zero-order valence-electron chi connectivity index (χ0n) is 17.8. The fourth-order valence-corrected chi connectivity index (χ4v) is 4.46. The molecule has 0 unspecified atom stereocenters. The maximum absolute atomic E-state index is 13.4. The van der Waals surface area contributed by atoms with Gasteiger partial charge in [0.15, 0.2) is 0 Å². The van der Waals surface area contributed by atoms with E-state index in [4.69, 9.17) is 46.4 Å². The minimum atomic E-state index is -0.497. The van der Waals surface area contributed by atoms with Crippen molar-refractivity contribution in [2.75, 3.05) is 0 Å². The van der Waals surface area contributed by atoms with Crippen LogP contribution in [0.5, 0.6) is 0 Å². The molecule has 0 spiro atoms. The third-order valence-electron chi connectivity index (χ3n) is 5.39. The van der Waals surface area contributed by atoms with Crippen molar-refractivity contribution in [1.29, 1.82) is 0 Å². The lowest BCUT2D eigenvalue weighted by atomic mass is 9.98. The van der Waals surface area contributed by atoms with Crippen molar-refractivity contribution < 1.29 is 4.79 Å². The molecular weight excluding hydrogens is 510 g/mol. The second-order valence-electron chi connectivity index (χ2n) is 7.63. The Kier molecular flexibility index (Phi) is 8.02. The summed E-state index contributed by atoms with van der Waals surface area (Å²) in [5.41, 5.74) is 3.21. The highest BCUT2D eigenvalue weighted by atomic mass is 35.5. The van der Waals surface area contributed by atoms with Gasteiger partial charge in [-0.3, -0.25) is 0 Å². The highest BCUT2D eigenvalue weighted by molar-refractivity contribution is 6.32. The number of rotatable bonds is 6. The van der Waals surface area contributed by atoms with Gasteiger partial charge in [-0.15, -0.1) is 0 Å². The number of nitrogens with one attached hydrogen (secondary N) is 2. The maximum atomic E-state index is 13.4. The van der Waals surface area contributed by atoms with Gasteiger partial charge in [-0.2, -0.15) is 0 Å². The van der Waals surface area contributed by atoms with E-state index in [0.29, 0.717) is 20.1 Å². The number of urea groups is 1. The van der Waals surface area contributed by atoms with E-state index in [1.54, 1.807) is 36.4 Å². The molecule has 4 aromatic carbocycles. The van der Waals surface area contributed by atoms with Crippen molar-refractivity contribution in [3.63, 3.8) is 0 Å². The molecule has 0 fully saturated rings. The van der Waals surface area contributed by atoms with Gasteiger partial charge in [0.25, 0.3) is 0 Å². The Morgan fingerprint density at radius 1 is 0.529 bits per heavy atom. The topological polar surface area (TPSA) is 41.1 Å². The summed E-state index contributed by atoms with van der Waals surface area (Å²) >= 11 is 25.1. The highest BCUT2D eigenvalue weighted by Gasteiger charge is 2.23. The lowest BCUT2D eigenvalue weighted by Crippen LogP contribution is -2.40. The number of carbonyl (C=O) groups is 1. The molecule has 0 saturated carbocycles. The molecule has 4 aromatic rings. The molecule has 2 atom stereocenters. The second-order valence-corrected chi connectivity index (χ2v) is 9.32. The Morgan fingerprint density at radius 2 is 0.882 bits per heavy atom. The van der Waals surface area contributed by atoms with Crippen LogP contribution < -0.4 is 10.6 Å². The molecule has 2 N–H and O–H groups in total. The normalized spacial score (nSPS) is 12.6. The van der Waals surface area contributed by atoms with E-state index < -0.39 is 12.1 Å². The van der Waals surface area contributed by atoms with Crippen LogP contribution in [0.4, 0.5) is 4.79 Å². The van der Waals surface area contributed by atoms with Crippen molar-refractivity contribution in [2.45, 2.75) is 12.1 Å². The molecule has 34 heavy (non-hydrogen) atoms. The van der Waals surface area contributed by atoms with Crippen LogP contribution in [0.25, 0.3) is 0 Å². The van der Waals surface area contributed by atoms with E-state index in [1.165, 1.54) is 0 Å². The fraction of sp³-hybridized carbons (Fsp3) is 0.0741. The van der Waals surface area contributed by atoms with E-state index in [-0.39, 0.29) is 6.03 Å². The summed E-state index contributed by atoms with van der Waals surface area (Å²) in [7, 11) is 0. The summed E-state index contributed by atoms with van der Waals surface area (Å²) in [6.45, 7) is 0. The molecule has 0 bridgehead atoms. The molecular formula is C27H20Cl4N2O. The van der Waals surface area contributed by atoms with E-state index in [2.05, 4.69) is 10.6 Å². The Labute approximate surface area is 218 Å². The smallest absolute Gasteiger partial charge is 0.316 e. The van der Waals surface area contributed by atoms with Gasteiger partial charge in [-0.25, -0.2) is 4.79 Å². The molecule has 0 aromatic heterocycles. The highest BCUT2D eigenvalue weighted by Crippen LogP contribution is 2.31. The van der Waals surface area contributed by atoms with E-state index in [1.807, 2.05) is 60.7 Å². The Hall–Kier alpha value is -2.69. The molecule has 3 nitrogen and oxygen atoms in total. The van der Waals surface area contributed by atoms with Gasteiger partial charge in [0.1, 0.15) is 0 Å². The summed E-state index contributed by atoms with van der Waals surface area (Å²) < 4.78 is 0. The van der Waals surface area contributed by atoms with Gasteiger partial charge < -0.3 is 10.6 Å². The van der Waals surface area contributed by atoms with Crippen molar-refractivity contribution in [1.82, 2.24) is 10.6 Å². The summed E-state index contributed by atoms with van der Waals surface area (Å²) in [4.78, 5) is 13.4. The van der Waals surface area contributed by atoms with Gasteiger partial charge in [0.2, 0.25) is 0 Å². The van der Waals surface area contributed by atoms with Gasteiger partial charge in [-0.05, 0) is 58.7 Å². The van der Waals surface area contributed by atoms with Crippen LogP contribution in [0.1, 0.15) is 34.3 Å². The SMILES string of the molecule is O=C(N[C@H](c1ccc(Cl)cc1)c1ccccc1Cl)N[C@@H](c1ccc(Cl)cc1)c1ccccc1Cl. The quantitative estimate of drug-likeness (QED) is 0.258. The predicted octanol–water partition coefficient (Wildman–Crippen LogP) is 8.48. The van der Waals surface area contributed by atoms with Crippen LogP contribution in [0.2, 0.25) is 20.1 Å². The number of hydrogen-bond donors (Lipinski definition) is 2. The van der Waals surface area contributed by atoms with Crippen molar-refractivity contribution >= 4 is 52.4 Å². The second kappa shape index (κ2) is 11.2. The first-order chi connectivity index (χ1) is 16.4. The first kappa shape index (κ1) is 24.4. The van der Waals surface area contributed by atoms with Crippen LogP contribution >= 0.6 is 46.4 Å². The molecule has 0 aliphatic carbocycles. The molecule has 172 valence electrons. The van der Waals surface area contributed by atoms with Crippen LogP contribution in [0.15, 0.2) is 97.1 Å². The van der Waals surface area contributed by atoms with Gasteiger partial charge >= 0.3 is 6.03 Å². The van der Waals surface area contributed by atoms with Gasteiger partial charge in [-0.1, -0.05) is 107 Å². The fourth-order valence-electron chi connectivity index (χ4n) is 3.71. The van der Waals surface area contributed by atoms with Crippen molar-refractivity contribution in [2.24, 2.45) is 0 Å². The summed E-state index contributed by atoms with van der Waals surface area (Å²) in [6, 6.07) is 28.0. The Bertz CT molecular complexity index is 1180. The molecule has 0 saturated heterocycles. The van der Waals surface area contributed by atoms with E-state index >= 15 is 0 Å². The maximum Gasteiger partial charge on any atom is 0.316 e. The summed E-state index contributed by atoms with van der Waals surface area (Å²) in [5, 5.41) is 8.43. The number of halogens is 4. The monoisotopic (exact) mass is 528 g/mol. The third-order valence-corrected chi connectivity index (χ3v) is 6.58. The van der Waals surface area contributed by atoms with Crippen LogP contribution in [0.3, 0.4) is 0 Å². The number of carbonyl (C=O) groups excluding carboxylic acids is 1. The van der Waals surface area contributed by atoms with Crippen LogP contribution in [0, 0.1) is 0 Å². The summed E-state index contributed by atoms with van der Waals surface area (Å²) in [5.74, 6) is 0. The lowest BCUT2D eigenvalue weighted by molar-refractivity contribution is 0.236. The zero-order valence-corrected chi connectivity index (χ0v) is 20.8. The zero-order chi connectivity index (χ0) is 24.1. The van der Waals surface area contributed by atoms with Crippen molar-refractivity contribution in [3.8, 4) is 0 Å². The first-order valence-corrected chi connectivity index (χ1v) is 12.0. The minimum absolute atomic E-state index is 0.389. The predicted molar refractivity (Wildman–Crippen MR) is 141 cm³/mol. The van der Waals surface area contributed by atoms with E-state index in [9.17, 15) is 4.79 Å². The molecule has 0 heterocycles. The Balaban J connectivity index is 1.67. The molecule has 7 heteroatoms. The molecule has 0 radical (unpaired) electrons. The van der Waals surface area contributed by atoms with Crippen molar-refractivity contribution in [3.05, 3.63) is 139 Å². The van der Waals surface area contributed by atoms with Gasteiger partial charge in [0.05, 0.1) is 12.1 Å². The molecule has 0 aliphatic heterocycles. The average molecular weight is 530 g/mol. The number of benzene rings is 4. The lowest BCUT2D eigenvalue weighted by Gasteiger charge is -2.25. The molecule has 0 aliphatic rings. The number of hydrogen-bond acceptors (Lipinski definition) is 1. The van der Waals surface area contributed by atoms with Crippen LogP contribution in [-0.2, 0) is 0 Å². The standard InChI is InChI=1S/C27H20Cl4N2O/c28-19-13-9-17(10-14-19)25(21-5-1-3-7-23(21)30)32-27(34)33-26(18-11-15-20(29)16-12-18)22-6-2-4-8-24(22)31/h1-16,25-26H,(H2,32,33,34)/t25-,26+.